The Morgan fingerprint density at radius 3 is 2.31 bits per heavy atom. The van der Waals surface area contributed by atoms with Crippen molar-refractivity contribution >= 4 is 32.8 Å². The maximum absolute atomic E-state index is 13.9. The van der Waals surface area contributed by atoms with E-state index in [9.17, 15) is 18.0 Å². The van der Waals surface area contributed by atoms with Crippen LogP contribution in [0.5, 0.6) is 11.5 Å². The number of likely N-dealkylation sites (N-methyl/N-ethyl adjacent to an activating group) is 1. The Balaban J connectivity index is 1.23. The highest BCUT2D eigenvalue weighted by Gasteiger charge is 2.32. The summed E-state index contributed by atoms with van der Waals surface area (Å²) in [4.78, 5) is 31.9. The highest BCUT2D eigenvalue weighted by Crippen LogP contribution is 2.36. The molecular formula is C40H50N4O7S. The summed E-state index contributed by atoms with van der Waals surface area (Å²) in [5, 5.41) is 3.41. The van der Waals surface area contributed by atoms with Gasteiger partial charge in [-0.2, -0.15) is 0 Å². The maximum Gasteiger partial charge on any atom is 0.274 e. The molecule has 11 nitrogen and oxygen atoms in total. The number of para-hydroxylation sites is 1. The van der Waals surface area contributed by atoms with Crippen LogP contribution in [0.2, 0.25) is 0 Å². The van der Waals surface area contributed by atoms with E-state index in [2.05, 4.69) is 40.9 Å². The lowest BCUT2D eigenvalue weighted by Crippen LogP contribution is -2.50. The van der Waals surface area contributed by atoms with Crippen molar-refractivity contribution in [2.75, 3.05) is 13.8 Å². The molecule has 1 aromatic heterocycles. The predicted molar refractivity (Wildman–Crippen MR) is 199 cm³/mol. The van der Waals surface area contributed by atoms with E-state index in [4.69, 9.17) is 13.9 Å². The lowest BCUT2D eigenvalue weighted by atomic mass is 9.96. The third-order valence-corrected chi connectivity index (χ3v) is 12.0. The summed E-state index contributed by atoms with van der Waals surface area (Å²) in [6.07, 6.45) is 3.64. The molecule has 278 valence electrons. The quantitative estimate of drug-likeness (QED) is 0.166. The minimum atomic E-state index is -4.25. The molecule has 0 radical (unpaired) electrons. The molecule has 52 heavy (non-hydrogen) atoms. The van der Waals surface area contributed by atoms with Crippen LogP contribution in [0.3, 0.4) is 0 Å². The van der Waals surface area contributed by atoms with Crippen LogP contribution in [0.25, 0.3) is 11.0 Å². The molecule has 2 aliphatic rings. The molecule has 0 bridgehead atoms. The molecule has 2 amide bonds. The molecule has 4 atom stereocenters. The number of aryl methyl sites for hydroxylation is 1. The molecule has 3 aromatic carbocycles. The van der Waals surface area contributed by atoms with Crippen LogP contribution in [-0.4, -0.2) is 68.0 Å². The van der Waals surface area contributed by atoms with Crippen molar-refractivity contribution in [3.63, 3.8) is 0 Å². The maximum atomic E-state index is 13.9. The number of carbonyl (C=O) groups is 2. The van der Waals surface area contributed by atoms with Gasteiger partial charge in [0.2, 0.25) is 23.7 Å². The first-order valence-corrected chi connectivity index (χ1v) is 19.6. The number of rotatable bonds is 13. The highest BCUT2D eigenvalue weighted by molar-refractivity contribution is 7.89. The molecular weight excluding hydrogens is 681 g/mol. The number of hydrogen-bond donors (Lipinski definition) is 2. The number of ether oxygens (including phenoxy) is 2. The Bertz CT molecular complexity index is 2000. The molecule has 0 saturated carbocycles. The van der Waals surface area contributed by atoms with Crippen LogP contribution in [0.15, 0.2) is 76.2 Å². The van der Waals surface area contributed by atoms with Gasteiger partial charge >= 0.3 is 0 Å². The normalized spacial score (nSPS) is 18.8. The minimum Gasteiger partial charge on any atom is -0.454 e. The number of benzene rings is 3. The second-order valence-corrected chi connectivity index (χ2v) is 16.1. The number of sulfonamides is 1. The van der Waals surface area contributed by atoms with Gasteiger partial charge in [0.1, 0.15) is 11.6 Å². The molecule has 4 aromatic rings. The van der Waals surface area contributed by atoms with Crippen molar-refractivity contribution in [3.8, 4) is 11.5 Å². The fourth-order valence-electron chi connectivity index (χ4n) is 7.16. The Morgan fingerprint density at radius 1 is 0.942 bits per heavy atom. The van der Waals surface area contributed by atoms with Crippen LogP contribution >= 0.6 is 0 Å². The number of amides is 2. The third kappa shape index (κ3) is 8.29. The molecule has 0 unspecified atom stereocenters. The van der Waals surface area contributed by atoms with E-state index in [0.29, 0.717) is 45.7 Å². The molecule has 3 heterocycles. The van der Waals surface area contributed by atoms with Crippen LogP contribution in [0.4, 0.5) is 0 Å². The second-order valence-electron chi connectivity index (χ2n) is 14.5. The summed E-state index contributed by atoms with van der Waals surface area (Å²) in [7, 11) is -2.53. The number of piperidine rings is 1. The lowest BCUT2D eigenvalue weighted by molar-refractivity contribution is -0.136. The highest BCUT2D eigenvalue weighted by atomic mass is 32.2. The van der Waals surface area contributed by atoms with Gasteiger partial charge in [-0.15, -0.1) is 0 Å². The van der Waals surface area contributed by atoms with Crippen molar-refractivity contribution in [1.82, 2.24) is 19.8 Å². The minimum absolute atomic E-state index is 0.0402. The van der Waals surface area contributed by atoms with Gasteiger partial charge in [-0.1, -0.05) is 55.0 Å². The Labute approximate surface area is 306 Å². The first kappa shape index (κ1) is 37.4. The average Bonchev–Trinajstić information content (AvgIpc) is 3.73. The first-order chi connectivity index (χ1) is 24.8. The van der Waals surface area contributed by atoms with Gasteiger partial charge in [0.05, 0.1) is 6.04 Å². The Hall–Kier alpha value is -4.39. The van der Waals surface area contributed by atoms with Gasteiger partial charge in [-0.25, -0.2) is 13.1 Å². The second kappa shape index (κ2) is 15.7. The van der Waals surface area contributed by atoms with Crippen molar-refractivity contribution in [1.29, 1.82) is 0 Å². The monoisotopic (exact) mass is 730 g/mol. The summed E-state index contributed by atoms with van der Waals surface area (Å²) in [5.41, 5.74) is 3.51. The third-order valence-electron chi connectivity index (χ3n) is 10.5. The summed E-state index contributed by atoms with van der Waals surface area (Å²) in [6, 6.07) is 19.4. The molecule has 0 spiro atoms. The molecule has 6 rings (SSSR count). The number of carbonyl (C=O) groups excluding carboxylic acids is 2. The zero-order valence-electron chi connectivity index (χ0n) is 30.8. The standard InChI is InChI=1S/C40H50N4O7S/c1-25(2)43(6)39(46)34(20-29-14-16-30(17-15-29)23-44-26(3)10-9-11-27(44)4)41-38(45)22-33(31-18-19-36-37(21-31)50-24-49-36)42-52(47,48)40-28(5)32-12-7-8-13-35(32)51-40/h7-8,12-19,21,25-27,33-34,42H,9-11,20,22-24H2,1-6H3,(H,41,45)/t26-,27+,33-,34-/m1/s1. The number of nitrogens with one attached hydrogen (secondary N) is 2. The summed E-state index contributed by atoms with van der Waals surface area (Å²) >= 11 is 0. The summed E-state index contributed by atoms with van der Waals surface area (Å²) in [5.74, 6) is 0.242. The van der Waals surface area contributed by atoms with Gasteiger partial charge in [0, 0.05) is 55.5 Å². The molecule has 12 heteroatoms. The van der Waals surface area contributed by atoms with Gasteiger partial charge in [-0.05, 0) is 82.3 Å². The van der Waals surface area contributed by atoms with Crippen molar-refractivity contribution in [3.05, 3.63) is 89.0 Å². The van der Waals surface area contributed by atoms with E-state index in [-0.39, 0.29) is 36.7 Å². The topological polar surface area (TPSA) is 130 Å². The largest absolute Gasteiger partial charge is 0.454 e. The lowest BCUT2D eigenvalue weighted by Gasteiger charge is -2.39. The number of nitrogens with zero attached hydrogens (tertiary/aromatic N) is 2. The number of furan rings is 1. The van der Waals surface area contributed by atoms with Gasteiger partial charge in [-0.3, -0.25) is 14.5 Å². The SMILES string of the molecule is Cc1c(S(=O)(=O)N[C@H](CC(=O)N[C@H](Cc2ccc(CN3[C@H](C)CCC[C@@H]3C)cc2)C(=O)N(C)C(C)C)c2ccc3c(c2)OCO3)oc2ccccc12. The number of likely N-dealkylation sites (tertiary alicyclic amines) is 1. The zero-order chi connectivity index (χ0) is 37.2. The van der Waals surface area contributed by atoms with E-state index in [1.807, 2.05) is 32.0 Å². The fraction of sp³-hybridized carbons (Fsp3) is 0.450. The van der Waals surface area contributed by atoms with E-state index in [0.717, 1.165) is 12.1 Å². The first-order valence-electron chi connectivity index (χ1n) is 18.1. The smallest absolute Gasteiger partial charge is 0.274 e. The molecule has 1 saturated heterocycles. The Morgan fingerprint density at radius 2 is 1.62 bits per heavy atom. The predicted octanol–water partition coefficient (Wildman–Crippen LogP) is 6.24. The summed E-state index contributed by atoms with van der Waals surface area (Å²) in [6.45, 7) is 11.0. The van der Waals surface area contributed by atoms with E-state index in [1.165, 1.54) is 24.8 Å². The van der Waals surface area contributed by atoms with Crippen molar-refractivity contribution in [2.24, 2.45) is 0 Å². The van der Waals surface area contributed by atoms with Crippen LogP contribution in [0, 0.1) is 6.92 Å². The molecule has 2 N–H and O–H groups in total. The van der Waals surface area contributed by atoms with E-state index in [1.54, 1.807) is 55.3 Å². The van der Waals surface area contributed by atoms with E-state index < -0.39 is 28.0 Å². The van der Waals surface area contributed by atoms with Crippen LogP contribution in [-0.2, 0) is 32.6 Å². The van der Waals surface area contributed by atoms with E-state index >= 15 is 0 Å². The van der Waals surface area contributed by atoms with Gasteiger partial charge in [0.25, 0.3) is 10.0 Å². The van der Waals surface area contributed by atoms with Crippen LogP contribution in [0.1, 0.15) is 81.7 Å². The van der Waals surface area contributed by atoms with Gasteiger partial charge < -0.3 is 24.1 Å². The number of fused-ring (bicyclic) bond motifs is 2. The molecule has 2 aliphatic heterocycles. The Kier molecular flexibility index (Phi) is 11.3. The molecule has 1 fully saturated rings. The molecule has 0 aliphatic carbocycles. The number of hydrogen-bond acceptors (Lipinski definition) is 8. The van der Waals surface area contributed by atoms with Crippen LogP contribution < -0.4 is 19.5 Å². The summed E-state index contributed by atoms with van der Waals surface area (Å²) < 4.78 is 47.3. The average molecular weight is 731 g/mol. The van der Waals surface area contributed by atoms with Gasteiger partial charge in [0.15, 0.2) is 11.5 Å². The fourth-order valence-corrected chi connectivity index (χ4v) is 8.57. The zero-order valence-corrected chi connectivity index (χ0v) is 31.7. The van der Waals surface area contributed by atoms with Crippen molar-refractivity contribution < 1.29 is 31.9 Å². The van der Waals surface area contributed by atoms with Crippen molar-refractivity contribution in [2.45, 2.75) is 109 Å².